The first-order valence-corrected chi connectivity index (χ1v) is 6.77. The van der Waals surface area contributed by atoms with Crippen molar-refractivity contribution in [2.75, 3.05) is 19.8 Å². The van der Waals surface area contributed by atoms with Crippen LogP contribution >= 0.6 is 0 Å². The third-order valence-electron chi connectivity index (χ3n) is 2.79. The fourth-order valence-electron chi connectivity index (χ4n) is 1.81. The fraction of sp³-hybridized carbons (Fsp3) is 0.533. The molecule has 0 unspecified atom stereocenters. The maximum atomic E-state index is 8.66. The second-order valence-electron chi connectivity index (χ2n) is 4.41. The van der Waals surface area contributed by atoms with Gasteiger partial charge in [0.05, 0.1) is 0 Å². The number of ether oxygens (including phenoxy) is 1. The lowest BCUT2D eigenvalue weighted by molar-refractivity contribution is 0.282. The lowest BCUT2D eigenvalue weighted by atomic mass is 10.2. The fourth-order valence-corrected chi connectivity index (χ4v) is 1.81. The lowest BCUT2D eigenvalue weighted by Gasteiger charge is -2.07. The van der Waals surface area contributed by atoms with Crippen molar-refractivity contribution < 1.29 is 9.84 Å². The van der Waals surface area contributed by atoms with E-state index in [-0.39, 0.29) is 6.61 Å². The molecule has 0 saturated heterocycles. The highest BCUT2D eigenvalue weighted by Gasteiger charge is 1.97. The molecule has 1 aromatic rings. The maximum Gasteiger partial charge on any atom is 0.174 e. The molecule has 0 amide bonds. The number of nitriles is 1. The predicted molar refractivity (Wildman–Crippen MR) is 74.8 cm³/mol. The molecule has 4 nitrogen and oxygen atoms in total. The van der Waals surface area contributed by atoms with Gasteiger partial charge in [0.2, 0.25) is 0 Å². The molecule has 0 aliphatic carbocycles. The summed E-state index contributed by atoms with van der Waals surface area (Å²) in [4.78, 5) is 0. The summed E-state index contributed by atoms with van der Waals surface area (Å²) in [6.07, 6.45) is 4.28. The molecule has 0 fully saturated rings. The smallest absolute Gasteiger partial charge is 0.174 e. The van der Waals surface area contributed by atoms with Crippen molar-refractivity contribution in [3.63, 3.8) is 0 Å². The second kappa shape index (κ2) is 10.4. The van der Waals surface area contributed by atoms with Gasteiger partial charge in [-0.3, -0.25) is 0 Å². The van der Waals surface area contributed by atoms with Gasteiger partial charge in [-0.15, -0.1) is 0 Å². The van der Waals surface area contributed by atoms with E-state index in [1.807, 2.05) is 30.3 Å². The molecule has 0 spiro atoms. The van der Waals surface area contributed by atoms with Crippen molar-refractivity contribution in [2.45, 2.75) is 32.2 Å². The SMILES string of the molecule is N#CCOc1cccc(CNCCCCCCO)c1. The Hall–Kier alpha value is -1.57. The second-order valence-corrected chi connectivity index (χ2v) is 4.41. The Morgan fingerprint density at radius 1 is 1.21 bits per heavy atom. The van der Waals surface area contributed by atoms with Crippen LogP contribution in [0.5, 0.6) is 5.75 Å². The van der Waals surface area contributed by atoms with Crippen LogP contribution in [0.3, 0.4) is 0 Å². The first kappa shape index (κ1) is 15.5. The number of nitrogens with one attached hydrogen (secondary N) is 1. The Bertz CT molecular complexity index is 388. The number of hydrogen-bond acceptors (Lipinski definition) is 4. The number of aliphatic hydroxyl groups is 1. The molecule has 0 saturated carbocycles. The van der Waals surface area contributed by atoms with Crippen LogP contribution in [0.2, 0.25) is 0 Å². The van der Waals surface area contributed by atoms with E-state index in [4.69, 9.17) is 15.1 Å². The van der Waals surface area contributed by atoms with Gasteiger partial charge < -0.3 is 15.2 Å². The van der Waals surface area contributed by atoms with Gasteiger partial charge in [-0.1, -0.05) is 25.0 Å². The zero-order chi connectivity index (χ0) is 13.8. The molecule has 0 heterocycles. The van der Waals surface area contributed by atoms with Crippen LogP contribution in [0.1, 0.15) is 31.2 Å². The normalized spacial score (nSPS) is 10.1. The first-order chi connectivity index (χ1) is 9.36. The molecule has 2 N–H and O–H groups in total. The summed E-state index contributed by atoms with van der Waals surface area (Å²) >= 11 is 0. The van der Waals surface area contributed by atoms with Crippen molar-refractivity contribution in [3.8, 4) is 11.8 Å². The van der Waals surface area contributed by atoms with Gasteiger partial charge in [-0.05, 0) is 37.1 Å². The Morgan fingerprint density at radius 2 is 2.05 bits per heavy atom. The molecule has 1 rings (SSSR count). The van der Waals surface area contributed by atoms with Crippen LogP contribution < -0.4 is 10.1 Å². The summed E-state index contributed by atoms with van der Waals surface area (Å²) in [6.45, 7) is 2.17. The van der Waals surface area contributed by atoms with Gasteiger partial charge in [-0.25, -0.2) is 0 Å². The Morgan fingerprint density at radius 3 is 2.84 bits per heavy atom. The molecule has 19 heavy (non-hydrogen) atoms. The van der Waals surface area contributed by atoms with Crippen LogP contribution in [-0.2, 0) is 6.54 Å². The van der Waals surface area contributed by atoms with Gasteiger partial charge >= 0.3 is 0 Å². The molecular formula is C15H22N2O2. The van der Waals surface area contributed by atoms with E-state index in [2.05, 4.69) is 5.32 Å². The van der Waals surface area contributed by atoms with Crippen molar-refractivity contribution in [1.29, 1.82) is 5.26 Å². The Labute approximate surface area is 115 Å². The minimum absolute atomic E-state index is 0.0851. The highest BCUT2D eigenvalue weighted by Crippen LogP contribution is 2.13. The number of unbranched alkanes of at least 4 members (excludes halogenated alkanes) is 3. The first-order valence-electron chi connectivity index (χ1n) is 6.77. The average molecular weight is 262 g/mol. The molecule has 0 atom stereocenters. The predicted octanol–water partition coefficient (Wildman–Crippen LogP) is 2.23. The van der Waals surface area contributed by atoms with Crippen LogP contribution in [-0.4, -0.2) is 24.9 Å². The maximum absolute atomic E-state index is 8.66. The van der Waals surface area contributed by atoms with Crippen LogP contribution in [0.4, 0.5) is 0 Å². The number of nitrogens with zero attached hydrogens (tertiary/aromatic N) is 1. The van der Waals surface area contributed by atoms with E-state index < -0.39 is 0 Å². The molecule has 0 aliphatic rings. The summed E-state index contributed by atoms with van der Waals surface area (Å²) in [5, 5.41) is 20.5. The van der Waals surface area contributed by atoms with E-state index in [0.717, 1.165) is 50.1 Å². The van der Waals surface area contributed by atoms with Crippen LogP contribution in [0.15, 0.2) is 24.3 Å². The summed E-state index contributed by atoms with van der Waals surface area (Å²) in [5.74, 6) is 0.740. The third-order valence-corrected chi connectivity index (χ3v) is 2.79. The third kappa shape index (κ3) is 7.45. The number of benzene rings is 1. The molecule has 0 bridgehead atoms. The topological polar surface area (TPSA) is 65.3 Å². The Balaban J connectivity index is 2.16. The minimum Gasteiger partial charge on any atom is -0.479 e. The van der Waals surface area contributed by atoms with Crippen LogP contribution in [0.25, 0.3) is 0 Å². The number of hydrogen-bond donors (Lipinski definition) is 2. The van der Waals surface area contributed by atoms with Gasteiger partial charge in [0.1, 0.15) is 11.8 Å². The molecule has 0 aliphatic heterocycles. The monoisotopic (exact) mass is 262 g/mol. The van der Waals surface area contributed by atoms with Crippen molar-refractivity contribution in [1.82, 2.24) is 5.32 Å². The number of aliphatic hydroxyl groups excluding tert-OH is 1. The molecule has 104 valence electrons. The molecule has 1 aromatic carbocycles. The van der Waals surface area contributed by atoms with Crippen molar-refractivity contribution in [2.24, 2.45) is 0 Å². The zero-order valence-electron chi connectivity index (χ0n) is 11.3. The van der Waals surface area contributed by atoms with Gasteiger partial charge in [0, 0.05) is 13.2 Å². The van der Waals surface area contributed by atoms with Gasteiger partial charge in [0.15, 0.2) is 6.61 Å². The quantitative estimate of drug-likeness (QED) is 0.635. The summed E-state index contributed by atoms with van der Waals surface area (Å²) in [6, 6.07) is 9.74. The average Bonchev–Trinajstić information content (AvgIpc) is 2.44. The van der Waals surface area contributed by atoms with Gasteiger partial charge in [-0.2, -0.15) is 5.26 Å². The summed E-state index contributed by atoms with van der Waals surface area (Å²) in [7, 11) is 0. The number of rotatable bonds is 10. The Kier molecular flexibility index (Phi) is 8.45. The largest absolute Gasteiger partial charge is 0.479 e. The molecule has 0 radical (unpaired) electrons. The summed E-state index contributed by atoms with van der Waals surface area (Å²) < 4.78 is 5.26. The highest BCUT2D eigenvalue weighted by molar-refractivity contribution is 5.28. The molecule has 4 heteroatoms. The lowest BCUT2D eigenvalue weighted by Crippen LogP contribution is -2.14. The van der Waals surface area contributed by atoms with Crippen molar-refractivity contribution >= 4 is 0 Å². The summed E-state index contributed by atoms with van der Waals surface area (Å²) in [5.41, 5.74) is 1.16. The standard InChI is InChI=1S/C15H22N2O2/c16-8-11-19-15-7-5-6-14(12-15)13-17-9-3-1-2-4-10-18/h5-7,12,17-18H,1-4,9-11,13H2. The van der Waals surface area contributed by atoms with Gasteiger partial charge in [0.25, 0.3) is 0 Å². The van der Waals surface area contributed by atoms with Crippen LogP contribution in [0, 0.1) is 11.3 Å². The van der Waals surface area contributed by atoms with E-state index in [0.29, 0.717) is 6.61 Å². The molecular weight excluding hydrogens is 240 g/mol. The van der Waals surface area contributed by atoms with E-state index in [9.17, 15) is 0 Å². The molecule has 0 aromatic heterocycles. The minimum atomic E-state index is 0.0851. The van der Waals surface area contributed by atoms with E-state index in [1.54, 1.807) is 0 Å². The van der Waals surface area contributed by atoms with E-state index in [1.165, 1.54) is 0 Å². The zero-order valence-corrected chi connectivity index (χ0v) is 11.3. The van der Waals surface area contributed by atoms with E-state index >= 15 is 0 Å². The van der Waals surface area contributed by atoms with Crippen molar-refractivity contribution in [3.05, 3.63) is 29.8 Å². The highest BCUT2D eigenvalue weighted by atomic mass is 16.5.